The van der Waals surface area contributed by atoms with Crippen LogP contribution in [0.15, 0.2) is 65.7 Å². The molecule has 37 heavy (non-hydrogen) atoms. The van der Waals surface area contributed by atoms with Gasteiger partial charge in [-0.15, -0.1) is 0 Å². The van der Waals surface area contributed by atoms with E-state index in [9.17, 15) is 18.0 Å². The highest BCUT2D eigenvalue weighted by molar-refractivity contribution is 6.02. The SMILES string of the molecule is CN1CC(CNc2ncc3c4n[nH]cc4c(=O)n(-c4ccccc4C(F)(F)F)c3n2)Oc2ccccc21. The zero-order valence-electron chi connectivity index (χ0n) is 19.5. The summed E-state index contributed by atoms with van der Waals surface area (Å²) in [6.45, 7) is 0.938. The van der Waals surface area contributed by atoms with Crippen molar-refractivity contribution in [2.75, 3.05) is 30.4 Å². The number of pyridine rings is 1. The summed E-state index contributed by atoms with van der Waals surface area (Å²) in [5, 5.41) is 10.3. The molecule has 3 aromatic heterocycles. The van der Waals surface area contributed by atoms with Crippen molar-refractivity contribution in [2.24, 2.45) is 0 Å². The minimum Gasteiger partial charge on any atom is -0.485 e. The van der Waals surface area contributed by atoms with Crippen molar-refractivity contribution < 1.29 is 17.9 Å². The van der Waals surface area contributed by atoms with E-state index in [-0.39, 0.29) is 34.3 Å². The Morgan fingerprint density at radius 1 is 1.11 bits per heavy atom. The van der Waals surface area contributed by atoms with Gasteiger partial charge >= 0.3 is 6.18 Å². The van der Waals surface area contributed by atoms with Crippen molar-refractivity contribution in [2.45, 2.75) is 12.3 Å². The molecule has 1 aliphatic heterocycles. The highest BCUT2D eigenvalue weighted by Gasteiger charge is 2.34. The maximum Gasteiger partial charge on any atom is 0.418 e. The molecular weight excluding hydrogens is 487 g/mol. The Morgan fingerprint density at radius 2 is 1.86 bits per heavy atom. The third-order valence-electron chi connectivity index (χ3n) is 6.30. The summed E-state index contributed by atoms with van der Waals surface area (Å²) in [5.74, 6) is 0.895. The Bertz CT molecular complexity index is 1700. The molecule has 9 nitrogen and oxygen atoms in total. The minimum absolute atomic E-state index is 0.00539. The van der Waals surface area contributed by atoms with Crippen LogP contribution in [0.1, 0.15) is 5.56 Å². The van der Waals surface area contributed by atoms with Crippen LogP contribution >= 0.6 is 0 Å². The van der Waals surface area contributed by atoms with Crippen molar-refractivity contribution in [1.82, 2.24) is 24.7 Å². The molecule has 0 spiro atoms. The van der Waals surface area contributed by atoms with Crippen molar-refractivity contribution in [3.05, 3.63) is 76.8 Å². The van der Waals surface area contributed by atoms with Crippen LogP contribution in [0.5, 0.6) is 5.75 Å². The molecule has 1 atom stereocenters. The average molecular weight is 507 g/mol. The topological polar surface area (TPSA) is 101 Å². The third kappa shape index (κ3) is 3.90. The second-order valence-corrected chi connectivity index (χ2v) is 8.70. The first kappa shape index (κ1) is 22.8. The number of ether oxygens (including phenoxy) is 1. The minimum atomic E-state index is -4.68. The number of alkyl halides is 3. The fraction of sp³-hybridized carbons (Fsp3) is 0.200. The fourth-order valence-corrected chi connectivity index (χ4v) is 4.61. The summed E-state index contributed by atoms with van der Waals surface area (Å²) in [6, 6.07) is 12.6. The number of aromatic amines is 1. The van der Waals surface area contributed by atoms with E-state index in [0.717, 1.165) is 22.1 Å². The van der Waals surface area contributed by atoms with Gasteiger partial charge in [0, 0.05) is 19.4 Å². The predicted molar refractivity (Wildman–Crippen MR) is 132 cm³/mol. The van der Waals surface area contributed by atoms with Crippen molar-refractivity contribution in [3.63, 3.8) is 0 Å². The number of benzene rings is 2. The normalized spacial score (nSPS) is 15.6. The first-order valence-corrected chi connectivity index (χ1v) is 11.4. The van der Waals surface area contributed by atoms with Crippen LogP contribution < -0.4 is 20.5 Å². The smallest absolute Gasteiger partial charge is 0.418 e. The lowest BCUT2D eigenvalue weighted by molar-refractivity contribution is -0.137. The number of rotatable bonds is 4. The summed E-state index contributed by atoms with van der Waals surface area (Å²) in [4.78, 5) is 24.3. The summed E-state index contributed by atoms with van der Waals surface area (Å²) < 4.78 is 48.6. The number of nitrogens with one attached hydrogen (secondary N) is 2. The molecule has 188 valence electrons. The molecule has 0 fully saturated rings. The van der Waals surface area contributed by atoms with E-state index in [0.29, 0.717) is 18.5 Å². The molecular formula is C25H20F3N7O2. The number of nitrogens with zero attached hydrogens (tertiary/aromatic N) is 5. The Kier molecular flexibility index (Phi) is 5.25. The first-order chi connectivity index (χ1) is 17.8. The van der Waals surface area contributed by atoms with Gasteiger partial charge in [-0.3, -0.25) is 14.5 Å². The molecule has 1 aliphatic rings. The second-order valence-electron chi connectivity index (χ2n) is 8.70. The lowest BCUT2D eigenvalue weighted by Gasteiger charge is -2.33. The van der Waals surface area contributed by atoms with Gasteiger partial charge in [0.2, 0.25) is 5.95 Å². The van der Waals surface area contributed by atoms with Crippen LogP contribution in [0.25, 0.3) is 27.6 Å². The highest BCUT2D eigenvalue weighted by atomic mass is 19.4. The van der Waals surface area contributed by atoms with Gasteiger partial charge in [0.1, 0.15) is 17.4 Å². The third-order valence-corrected chi connectivity index (χ3v) is 6.30. The second kappa shape index (κ2) is 8.50. The van der Waals surface area contributed by atoms with Crippen LogP contribution in [0, 0.1) is 0 Å². The van der Waals surface area contributed by atoms with Gasteiger partial charge in [-0.1, -0.05) is 24.3 Å². The van der Waals surface area contributed by atoms with E-state index in [1.807, 2.05) is 31.3 Å². The van der Waals surface area contributed by atoms with Crippen LogP contribution in [-0.4, -0.2) is 51.0 Å². The number of anilines is 2. The molecule has 5 aromatic rings. The van der Waals surface area contributed by atoms with Crippen LogP contribution in [0.2, 0.25) is 0 Å². The van der Waals surface area contributed by atoms with Gasteiger partial charge in [0.15, 0.2) is 5.65 Å². The van der Waals surface area contributed by atoms with Crippen LogP contribution in [0.3, 0.4) is 0 Å². The number of H-pyrrole nitrogens is 1. The van der Waals surface area contributed by atoms with Crippen molar-refractivity contribution in [1.29, 1.82) is 0 Å². The maximum atomic E-state index is 13.9. The van der Waals surface area contributed by atoms with Gasteiger partial charge in [0.05, 0.1) is 40.8 Å². The quantitative estimate of drug-likeness (QED) is 0.380. The molecule has 0 radical (unpaired) electrons. The number of hydrogen-bond acceptors (Lipinski definition) is 7. The van der Waals surface area contributed by atoms with Gasteiger partial charge < -0.3 is 15.0 Å². The van der Waals surface area contributed by atoms with Crippen LogP contribution in [0.4, 0.5) is 24.8 Å². The number of likely N-dealkylation sites (N-methyl/N-ethyl adjacent to an activating group) is 1. The average Bonchev–Trinajstić information content (AvgIpc) is 3.38. The summed E-state index contributed by atoms with van der Waals surface area (Å²) in [5.41, 5.74) is -0.687. The standard InChI is InChI=1S/C25H20F3N7O2/c1-34-13-14(37-20-9-5-4-8-19(20)34)10-29-24-30-11-15-21-16(12-31-33-21)23(36)35(22(15)32-24)18-7-3-2-6-17(18)25(26,27)28/h2-9,11-12,14H,10,13H2,1H3,(H,31,33)(H,29,30,32). The van der Waals surface area contributed by atoms with E-state index in [4.69, 9.17) is 4.74 Å². The summed E-state index contributed by atoms with van der Waals surface area (Å²) >= 11 is 0. The van der Waals surface area contributed by atoms with E-state index in [2.05, 4.69) is 30.4 Å². The molecule has 12 heteroatoms. The Hall–Kier alpha value is -4.61. The Morgan fingerprint density at radius 3 is 2.68 bits per heavy atom. The number of para-hydroxylation sites is 3. The van der Waals surface area contributed by atoms with Gasteiger partial charge in [-0.2, -0.15) is 23.3 Å². The van der Waals surface area contributed by atoms with E-state index in [1.54, 1.807) is 0 Å². The Balaban J connectivity index is 1.42. The number of aromatic nitrogens is 5. The van der Waals surface area contributed by atoms with E-state index >= 15 is 0 Å². The molecule has 0 bridgehead atoms. The fourth-order valence-electron chi connectivity index (χ4n) is 4.61. The monoisotopic (exact) mass is 507 g/mol. The zero-order chi connectivity index (χ0) is 25.7. The lowest BCUT2D eigenvalue weighted by Crippen LogP contribution is -2.41. The molecule has 1 unspecified atom stereocenters. The van der Waals surface area contributed by atoms with Crippen molar-refractivity contribution >= 4 is 33.6 Å². The van der Waals surface area contributed by atoms with E-state index in [1.165, 1.54) is 30.6 Å². The van der Waals surface area contributed by atoms with Crippen LogP contribution in [-0.2, 0) is 6.18 Å². The molecule has 0 amide bonds. The van der Waals surface area contributed by atoms with Gasteiger partial charge in [0.25, 0.3) is 5.56 Å². The molecule has 6 rings (SSSR count). The molecule has 4 heterocycles. The highest BCUT2D eigenvalue weighted by Crippen LogP contribution is 2.35. The zero-order valence-corrected chi connectivity index (χ0v) is 19.5. The Labute approximate surface area is 207 Å². The summed E-state index contributed by atoms with van der Waals surface area (Å²) in [6.07, 6.45) is -2.11. The molecule has 2 aromatic carbocycles. The number of fused-ring (bicyclic) bond motifs is 4. The van der Waals surface area contributed by atoms with E-state index < -0.39 is 17.3 Å². The lowest BCUT2D eigenvalue weighted by atomic mass is 10.1. The molecule has 0 saturated carbocycles. The van der Waals surface area contributed by atoms with Gasteiger partial charge in [-0.25, -0.2) is 4.98 Å². The molecule has 2 N–H and O–H groups in total. The number of halogens is 3. The summed E-state index contributed by atoms with van der Waals surface area (Å²) in [7, 11) is 1.97. The molecule has 0 saturated heterocycles. The predicted octanol–water partition coefficient (Wildman–Crippen LogP) is 3.99. The van der Waals surface area contributed by atoms with Gasteiger partial charge in [-0.05, 0) is 24.3 Å². The van der Waals surface area contributed by atoms with Crippen molar-refractivity contribution in [3.8, 4) is 11.4 Å². The maximum absolute atomic E-state index is 13.9. The first-order valence-electron chi connectivity index (χ1n) is 11.4. The molecule has 0 aliphatic carbocycles. The number of hydrogen-bond donors (Lipinski definition) is 2. The largest absolute Gasteiger partial charge is 0.485 e.